The number of pyridine rings is 1. The van der Waals surface area contributed by atoms with E-state index in [-0.39, 0.29) is 11.7 Å². The Kier molecular flexibility index (Phi) is 5.23. The Bertz CT molecular complexity index is 1340. The number of anilines is 1. The minimum absolute atomic E-state index is 0.283. The zero-order chi connectivity index (χ0) is 21.2. The first-order valence-electron chi connectivity index (χ1n) is 9.38. The minimum atomic E-state index is -0.325. The summed E-state index contributed by atoms with van der Waals surface area (Å²) in [7, 11) is 0. The highest BCUT2D eigenvalue weighted by atomic mass is 32.2. The summed E-state index contributed by atoms with van der Waals surface area (Å²) in [6, 6.07) is 13.0. The molecule has 1 aromatic carbocycles. The number of aryl methyl sites for hydroxylation is 1. The second-order valence-corrected chi connectivity index (χ2v) is 9.00. The van der Waals surface area contributed by atoms with E-state index in [0.29, 0.717) is 22.8 Å². The number of amides is 1. The third-order valence-electron chi connectivity index (χ3n) is 4.50. The molecule has 154 valence electrons. The molecule has 31 heavy (non-hydrogen) atoms. The Balaban J connectivity index is 1.40. The summed E-state index contributed by atoms with van der Waals surface area (Å²) in [5.41, 5.74) is 2.07. The summed E-state index contributed by atoms with van der Waals surface area (Å²) in [5, 5.41) is 17.0. The van der Waals surface area contributed by atoms with Crippen LogP contribution in [0.25, 0.3) is 16.8 Å². The number of rotatable bonds is 6. The lowest BCUT2D eigenvalue weighted by atomic mass is 10.1. The van der Waals surface area contributed by atoms with E-state index in [0.717, 1.165) is 20.3 Å². The SMILES string of the molecule is Cc1nnc(SCc2c(C(=O)Nc3ccc(-n4cccn4)nc3)oc3ccccc23)s1. The van der Waals surface area contributed by atoms with Crippen LogP contribution >= 0.6 is 23.1 Å². The van der Waals surface area contributed by atoms with Gasteiger partial charge in [0.25, 0.3) is 5.91 Å². The Morgan fingerprint density at radius 1 is 1.19 bits per heavy atom. The van der Waals surface area contributed by atoms with E-state index < -0.39 is 0 Å². The molecule has 0 spiro atoms. The van der Waals surface area contributed by atoms with E-state index in [2.05, 4.69) is 25.6 Å². The number of para-hydroxylation sites is 1. The highest BCUT2D eigenvalue weighted by Crippen LogP contribution is 2.33. The number of nitrogens with one attached hydrogen (secondary N) is 1. The Morgan fingerprint density at radius 2 is 2.10 bits per heavy atom. The molecule has 0 radical (unpaired) electrons. The normalized spacial score (nSPS) is 11.1. The van der Waals surface area contributed by atoms with Gasteiger partial charge in [-0.2, -0.15) is 5.10 Å². The maximum atomic E-state index is 13.0. The van der Waals surface area contributed by atoms with Crippen LogP contribution in [0.3, 0.4) is 0 Å². The topological polar surface area (TPSA) is 98.7 Å². The number of furan rings is 1. The number of hydrogen-bond acceptors (Lipinski definition) is 8. The van der Waals surface area contributed by atoms with Gasteiger partial charge in [0.05, 0.1) is 11.9 Å². The number of thioether (sulfide) groups is 1. The minimum Gasteiger partial charge on any atom is -0.451 e. The number of fused-ring (bicyclic) bond motifs is 1. The van der Waals surface area contributed by atoms with Gasteiger partial charge < -0.3 is 9.73 Å². The van der Waals surface area contributed by atoms with Crippen molar-refractivity contribution < 1.29 is 9.21 Å². The molecule has 0 bridgehead atoms. The molecule has 0 aliphatic rings. The molecule has 1 N–H and O–H groups in total. The third-order valence-corrected chi connectivity index (χ3v) is 6.50. The van der Waals surface area contributed by atoms with Crippen LogP contribution in [-0.2, 0) is 5.75 Å². The fourth-order valence-electron chi connectivity index (χ4n) is 3.08. The standard InChI is InChI=1S/C21H16N6O2S2/c1-13-25-26-21(31-13)30-12-16-15-5-2-3-6-17(15)29-19(16)20(28)24-14-7-8-18(22-11-14)27-10-4-9-23-27/h2-11H,12H2,1H3,(H,24,28). The Hall–Kier alpha value is -3.50. The summed E-state index contributed by atoms with van der Waals surface area (Å²) in [6.07, 6.45) is 5.08. The van der Waals surface area contributed by atoms with Gasteiger partial charge in [-0.25, -0.2) is 9.67 Å². The number of hydrogen-bond donors (Lipinski definition) is 1. The molecule has 1 amide bonds. The molecular weight excluding hydrogens is 432 g/mol. The predicted molar refractivity (Wildman–Crippen MR) is 120 cm³/mol. The van der Waals surface area contributed by atoms with Crippen LogP contribution in [0.1, 0.15) is 21.1 Å². The van der Waals surface area contributed by atoms with Crippen molar-refractivity contribution in [3.8, 4) is 5.82 Å². The van der Waals surface area contributed by atoms with Gasteiger partial charge in [-0.3, -0.25) is 4.79 Å². The summed E-state index contributed by atoms with van der Waals surface area (Å²) in [4.78, 5) is 17.4. The highest BCUT2D eigenvalue weighted by molar-refractivity contribution is 8.00. The van der Waals surface area contributed by atoms with Gasteiger partial charge in [0.2, 0.25) is 0 Å². The quantitative estimate of drug-likeness (QED) is 0.375. The van der Waals surface area contributed by atoms with Crippen LogP contribution in [-0.4, -0.2) is 30.9 Å². The van der Waals surface area contributed by atoms with Crippen molar-refractivity contribution in [2.75, 3.05) is 5.32 Å². The molecule has 8 nitrogen and oxygen atoms in total. The molecule has 0 fully saturated rings. The van der Waals surface area contributed by atoms with Crippen LogP contribution in [0.2, 0.25) is 0 Å². The monoisotopic (exact) mass is 448 g/mol. The van der Waals surface area contributed by atoms with Crippen molar-refractivity contribution in [2.45, 2.75) is 17.0 Å². The molecule has 0 atom stereocenters. The molecule has 5 aromatic rings. The lowest BCUT2D eigenvalue weighted by Gasteiger charge is -2.06. The average Bonchev–Trinajstić information content (AvgIpc) is 3.53. The smallest absolute Gasteiger partial charge is 0.291 e. The van der Waals surface area contributed by atoms with Crippen molar-refractivity contribution in [1.29, 1.82) is 0 Å². The van der Waals surface area contributed by atoms with Gasteiger partial charge in [0.15, 0.2) is 15.9 Å². The number of aromatic nitrogens is 5. The Labute approximate surface area is 185 Å². The molecule has 5 rings (SSSR count). The fourth-order valence-corrected chi connectivity index (χ4v) is 4.93. The van der Waals surface area contributed by atoms with Crippen molar-refractivity contribution in [1.82, 2.24) is 25.0 Å². The van der Waals surface area contributed by atoms with Crippen LogP contribution in [0.4, 0.5) is 5.69 Å². The van der Waals surface area contributed by atoms with Crippen LogP contribution in [0.15, 0.2) is 69.8 Å². The van der Waals surface area contributed by atoms with Gasteiger partial charge in [-0.05, 0) is 31.2 Å². The molecule has 10 heteroatoms. The van der Waals surface area contributed by atoms with Gasteiger partial charge >= 0.3 is 0 Å². The van der Waals surface area contributed by atoms with Gasteiger partial charge in [0.1, 0.15) is 10.6 Å². The van der Waals surface area contributed by atoms with E-state index in [9.17, 15) is 4.79 Å². The van der Waals surface area contributed by atoms with Gasteiger partial charge in [-0.1, -0.05) is 41.3 Å². The molecule has 4 aromatic heterocycles. The first-order valence-corrected chi connectivity index (χ1v) is 11.2. The Morgan fingerprint density at radius 3 is 2.84 bits per heavy atom. The molecule has 4 heterocycles. The third kappa shape index (κ3) is 4.07. The van der Waals surface area contributed by atoms with Crippen molar-refractivity contribution >= 4 is 45.7 Å². The van der Waals surface area contributed by atoms with E-state index in [1.165, 1.54) is 23.1 Å². The second-order valence-electron chi connectivity index (χ2n) is 6.59. The molecule has 0 unspecified atom stereocenters. The van der Waals surface area contributed by atoms with Gasteiger partial charge in [-0.15, -0.1) is 10.2 Å². The largest absolute Gasteiger partial charge is 0.451 e. The summed E-state index contributed by atoms with van der Waals surface area (Å²) in [6.45, 7) is 1.92. The lowest BCUT2D eigenvalue weighted by molar-refractivity contribution is 0.0998. The zero-order valence-corrected chi connectivity index (χ0v) is 18.0. The number of benzene rings is 1. The average molecular weight is 449 g/mol. The molecule has 0 aliphatic carbocycles. The summed E-state index contributed by atoms with van der Waals surface area (Å²) in [5.74, 6) is 1.17. The van der Waals surface area contributed by atoms with Gasteiger partial charge in [0, 0.05) is 29.1 Å². The first-order chi connectivity index (χ1) is 15.2. The number of nitrogens with zero attached hydrogens (tertiary/aromatic N) is 5. The molecule has 0 saturated heterocycles. The summed E-state index contributed by atoms with van der Waals surface area (Å²) < 4.78 is 8.42. The maximum absolute atomic E-state index is 13.0. The van der Waals surface area contributed by atoms with Crippen molar-refractivity contribution in [3.63, 3.8) is 0 Å². The number of carbonyl (C=O) groups is 1. The first kappa shape index (κ1) is 19.5. The predicted octanol–water partition coefficient (Wildman–Crippen LogP) is 4.72. The zero-order valence-electron chi connectivity index (χ0n) is 16.3. The highest BCUT2D eigenvalue weighted by Gasteiger charge is 2.21. The molecular formula is C21H16N6O2S2. The van der Waals surface area contributed by atoms with E-state index in [4.69, 9.17) is 4.42 Å². The fraction of sp³-hybridized carbons (Fsp3) is 0.0952. The molecule has 0 aliphatic heterocycles. The van der Waals surface area contributed by atoms with Crippen LogP contribution < -0.4 is 5.32 Å². The van der Waals surface area contributed by atoms with Crippen LogP contribution in [0, 0.1) is 6.92 Å². The number of carbonyl (C=O) groups excluding carboxylic acids is 1. The second kappa shape index (κ2) is 8.32. The van der Waals surface area contributed by atoms with E-state index in [1.54, 1.807) is 35.4 Å². The van der Waals surface area contributed by atoms with Crippen LogP contribution in [0.5, 0.6) is 0 Å². The van der Waals surface area contributed by atoms with E-state index >= 15 is 0 Å². The maximum Gasteiger partial charge on any atom is 0.291 e. The lowest BCUT2D eigenvalue weighted by Crippen LogP contribution is -2.13. The summed E-state index contributed by atoms with van der Waals surface area (Å²) >= 11 is 3.06. The molecule has 0 saturated carbocycles. The van der Waals surface area contributed by atoms with Crippen molar-refractivity contribution in [3.05, 3.63) is 77.4 Å². The van der Waals surface area contributed by atoms with Crippen molar-refractivity contribution in [2.24, 2.45) is 0 Å². The van der Waals surface area contributed by atoms with E-state index in [1.807, 2.05) is 37.3 Å².